The highest BCUT2D eigenvalue weighted by atomic mass is 79.9. The van der Waals surface area contributed by atoms with Crippen LogP contribution in [0.5, 0.6) is 11.5 Å². The van der Waals surface area contributed by atoms with E-state index in [4.69, 9.17) is 9.47 Å². The second-order valence-corrected chi connectivity index (χ2v) is 10.3. The summed E-state index contributed by atoms with van der Waals surface area (Å²) >= 11 is 4.67. The number of aromatic hydroxyl groups is 1. The molecule has 0 bridgehead atoms. The van der Waals surface area contributed by atoms with Crippen molar-refractivity contribution in [3.8, 4) is 11.5 Å². The fourth-order valence-electron chi connectivity index (χ4n) is 4.05. The van der Waals surface area contributed by atoms with Gasteiger partial charge in [-0.3, -0.25) is 9.36 Å². The lowest BCUT2D eigenvalue weighted by molar-refractivity contribution is -0.136. The Bertz CT molecular complexity index is 1520. The number of nitrogens with zero attached hydrogens (tertiary/aromatic N) is 2. The van der Waals surface area contributed by atoms with Crippen molar-refractivity contribution < 1.29 is 19.4 Å². The molecule has 0 unspecified atom stereocenters. The Labute approximate surface area is 214 Å². The molecular weight excluding hydrogens is 532 g/mol. The van der Waals surface area contributed by atoms with Crippen LogP contribution in [0.15, 0.2) is 61.9 Å². The van der Waals surface area contributed by atoms with Gasteiger partial charge < -0.3 is 14.6 Å². The Hall–Kier alpha value is -3.17. The zero-order valence-corrected chi connectivity index (χ0v) is 22.4. The van der Waals surface area contributed by atoms with Gasteiger partial charge in [0.1, 0.15) is 0 Å². The van der Waals surface area contributed by atoms with E-state index >= 15 is 0 Å². The number of phenols is 1. The molecule has 0 fully saturated rings. The van der Waals surface area contributed by atoms with Crippen LogP contribution in [0.4, 0.5) is 0 Å². The highest BCUT2D eigenvalue weighted by Crippen LogP contribution is 2.33. The van der Waals surface area contributed by atoms with Crippen LogP contribution in [0.2, 0.25) is 0 Å². The van der Waals surface area contributed by atoms with E-state index in [1.807, 2.05) is 24.3 Å². The van der Waals surface area contributed by atoms with Crippen LogP contribution in [0, 0.1) is 0 Å². The molecule has 2 heterocycles. The van der Waals surface area contributed by atoms with E-state index in [0.29, 0.717) is 42.3 Å². The number of hydrogen-bond acceptors (Lipinski definition) is 7. The molecule has 1 aliphatic rings. The Morgan fingerprint density at radius 3 is 2.51 bits per heavy atom. The number of hydrogen-bond donors (Lipinski definition) is 1. The summed E-state index contributed by atoms with van der Waals surface area (Å²) in [5.41, 5.74) is 3.18. The molecule has 0 saturated heterocycles. The van der Waals surface area contributed by atoms with Crippen molar-refractivity contribution in [3.05, 3.63) is 88.5 Å². The predicted octanol–water partition coefficient (Wildman–Crippen LogP) is 4.01. The first kappa shape index (κ1) is 24.9. The third-order valence-electron chi connectivity index (χ3n) is 5.93. The highest BCUT2D eigenvalue weighted by Gasteiger charge is 2.33. The fraction of sp³-hybridized carbons (Fsp3) is 0.269. The van der Waals surface area contributed by atoms with E-state index < -0.39 is 12.0 Å². The molecule has 1 aromatic heterocycles. The van der Waals surface area contributed by atoms with Gasteiger partial charge >= 0.3 is 5.97 Å². The summed E-state index contributed by atoms with van der Waals surface area (Å²) in [5.74, 6) is 0.106. The molecule has 4 rings (SSSR count). The van der Waals surface area contributed by atoms with Crippen molar-refractivity contribution >= 4 is 39.3 Å². The molecule has 0 amide bonds. The number of carbonyl (C=O) groups excluding carboxylic acids is 1. The maximum Gasteiger partial charge on any atom is 0.338 e. The van der Waals surface area contributed by atoms with Gasteiger partial charge in [0.2, 0.25) is 0 Å². The van der Waals surface area contributed by atoms with Crippen molar-refractivity contribution in [2.45, 2.75) is 32.7 Å². The molecule has 2 aromatic carbocycles. The molecule has 9 heteroatoms. The number of halogens is 1. The number of thiazole rings is 1. The molecule has 0 spiro atoms. The van der Waals surface area contributed by atoms with E-state index in [9.17, 15) is 14.7 Å². The predicted molar refractivity (Wildman–Crippen MR) is 139 cm³/mol. The maximum atomic E-state index is 13.7. The first-order chi connectivity index (χ1) is 16.7. The maximum absolute atomic E-state index is 13.7. The van der Waals surface area contributed by atoms with Crippen molar-refractivity contribution in [1.29, 1.82) is 0 Å². The van der Waals surface area contributed by atoms with Crippen LogP contribution in [0.1, 0.15) is 49.4 Å². The molecule has 3 aromatic rings. The Morgan fingerprint density at radius 1 is 1.23 bits per heavy atom. The van der Waals surface area contributed by atoms with Crippen molar-refractivity contribution in [2.75, 3.05) is 14.2 Å². The quantitative estimate of drug-likeness (QED) is 0.479. The molecule has 7 nitrogen and oxygen atoms in total. The number of phenolic OH excluding ortho intramolecular Hbond substituents is 1. The van der Waals surface area contributed by atoms with E-state index in [0.717, 1.165) is 11.1 Å². The number of methoxy groups -OCH3 is 2. The lowest BCUT2D eigenvalue weighted by Gasteiger charge is -2.24. The average molecular weight is 557 g/mol. The van der Waals surface area contributed by atoms with Gasteiger partial charge in [-0.15, -0.1) is 0 Å². The zero-order chi connectivity index (χ0) is 25.4. The molecular formula is C26H25BrN2O5S. The summed E-state index contributed by atoms with van der Waals surface area (Å²) in [5, 5.41) is 10.0. The summed E-state index contributed by atoms with van der Waals surface area (Å²) in [4.78, 5) is 31.5. The standard InChI is InChI=1S/C26H25BrN2O5S/c1-13(2)15-6-8-16(9-7-15)23-22(25(32)34-5)14(3)28-26-29(23)24(31)21(35-26)11-17-10-20(33-4)19(30)12-18(17)27/h6-13,23,30H,1-5H3/b21-11-/t23-/m1/s1. The Morgan fingerprint density at radius 2 is 1.91 bits per heavy atom. The topological polar surface area (TPSA) is 90.1 Å². The number of aromatic nitrogens is 1. The SMILES string of the molecule is COC(=O)C1=C(C)N=c2s/c(=C\c3cc(OC)c(O)cc3Br)c(=O)n2[C@@H]1c1ccc(C(C)C)cc1. The third kappa shape index (κ3) is 4.58. The number of rotatable bonds is 5. The van der Waals surface area contributed by atoms with Gasteiger partial charge in [0.05, 0.1) is 36.1 Å². The van der Waals surface area contributed by atoms with E-state index in [-0.39, 0.29) is 11.3 Å². The molecule has 1 aliphatic heterocycles. The van der Waals surface area contributed by atoms with Crippen LogP contribution in [0.25, 0.3) is 6.08 Å². The van der Waals surface area contributed by atoms with Crippen molar-refractivity contribution in [3.63, 3.8) is 0 Å². The first-order valence-corrected chi connectivity index (χ1v) is 12.5. The molecule has 0 saturated carbocycles. The van der Waals surface area contributed by atoms with Gasteiger partial charge in [0.25, 0.3) is 5.56 Å². The third-order valence-corrected chi connectivity index (χ3v) is 7.60. The first-order valence-electron chi connectivity index (χ1n) is 10.9. The lowest BCUT2D eigenvalue weighted by Crippen LogP contribution is -2.39. The van der Waals surface area contributed by atoms with Crippen molar-refractivity contribution in [2.24, 2.45) is 4.99 Å². The normalized spacial score (nSPS) is 15.7. The number of ether oxygens (including phenoxy) is 2. The monoisotopic (exact) mass is 556 g/mol. The number of benzene rings is 2. The molecule has 0 aliphatic carbocycles. The largest absolute Gasteiger partial charge is 0.504 e. The molecule has 35 heavy (non-hydrogen) atoms. The molecule has 182 valence electrons. The zero-order valence-electron chi connectivity index (χ0n) is 20.0. The van der Waals surface area contributed by atoms with Crippen LogP contribution in [-0.4, -0.2) is 29.9 Å². The molecule has 1 N–H and O–H groups in total. The Kier molecular flexibility index (Phi) is 7.00. The van der Waals surface area contributed by atoms with Gasteiger partial charge in [-0.25, -0.2) is 9.79 Å². The molecule has 0 radical (unpaired) electrons. The van der Waals surface area contributed by atoms with Gasteiger partial charge in [-0.05, 0) is 47.7 Å². The van der Waals surface area contributed by atoms with Crippen LogP contribution in [0.3, 0.4) is 0 Å². The van der Waals surface area contributed by atoms with Gasteiger partial charge in [-0.2, -0.15) is 0 Å². The second-order valence-electron chi connectivity index (χ2n) is 8.44. The van der Waals surface area contributed by atoms with E-state index in [2.05, 4.69) is 34.8 Å². The summed E-state index contributed by atoms with van der Waals surface area (Å²) in [6.45, 7) is 5.97. The minimum absolute atomic E-state index is 0.0128. The number of carbonyl (C=O) groups is 1. The van der Waals surface area contributed by atoms with Crippen LogP contribution < -0.4 is 19.6 Å². The minimum Gasteiger partial charge on any atom is -0.504 e. The number of fused-ring (bicyclic) bond motifs is 1. The van der Waals surface area contributed by atoms with Crippen LogP contribution >= 0.6 is 27.3 Å². The highest BCUT2D eigenvalue weighted by molar-refractivity contribution is 9.10. The van der Waals surface area contributed by atoms with E-state index in [1.54, 1.807) is 23.6 Å². The van der Waals surface area contributed by atoms with Gasteiger partial charge in [0.15, 0.2) is 16.3 Å². The van der Waals surface area contributed by atoms with Gasteiger partial charge in [-0.1, -0.05) is 65.4 Å². The number of allylic oxidation sites excluding steroid dienone is 1. The smallest absolute Gasteiger partial charge is 0.338 e. The van der Waals surface area contributed by atoms with Gasteiger partial charge in [0, 0.05) is 4.47 Å². The van der Waals surface area contributed by atoms with Crippen LogP contribution in [-0.2, 0) is 9.53 Å². The summed E-state index contributed by atoms with van der Waals surface area (Å²) in [7, 11) is 2.78. The van der Waals surface area contributed by atoms with Crippen molar-refractivity contribution in [1.82, 2.24) is 4.57 Å². The second kappa shape index (κ2) is 9.83. The number of esters is 1. The average Bonchev–Trinajstić information content (AvgIpc) is 3.13. The fourth-order valence-corrected chi connectivity index (χ4v) is 5.53. The summed E-state index contributed by atoms with van der Waals surface area (Å²) < 4.78 is 12.9. The minimum atomic E-state index is -0.667. The summed E-state index contributed by atoms with van der Waals surface area (Å²) in [6, 6.07) is 10.4. The Balaban J connectivity index is 1.95. The van der Waals surface area contributed by atoms with E-state index in [1.165, 1.54) is 31.6 Å². The summed E-state index contributed by atoms with van der Waals surface area (Å²) in [6.07, 6.45) is 1.71. The molecule has 1 atom stereocenters. The lowest BCUT2D eigenvalue weighted by atomic mass is 9.93.